The highest BCUT2D eigenvalue weighted by Gasteiger charge is 2.05. The molecule has 0 amide bonds. The van der Waals surface area contributed by atoms with Gasteiger partial charge in [-0.05, 0) is 42.9 Å². The fraction of sp³-hybridized carbons (Fsp3) is 0.538. The summed E-state index contributed by atoms with van der Waals surface area (Å²) in [6.07, 6.45) is 2.82. The quantitative estimate of drug-likeness (QED) is 0.779. The third kappa shape index (κ3) is 3.74. The van der Waals surface area contributed by atoms with Gasteiger partial charge in [-0.1, -0.05) is 13.0 Å². The topological polar surface area (TPSA) is 49.7 Å². The molecule has 0 aliphatic carbocycles. The van der Waals surface area contributed by atoms with E-state index in [1.54, 1.807) is 13.2 Å². The molecule has 0 saturated heterocycles. The highest BCUT2D eigenvalue weighted by atomic mass is 16.5. The van der Waals surface area contributed by atoms with Gasteiger partial charge < -0.3 is 14.9 Å². The highest BCUT2D eigenvalue weighted by Crippen LogP contribution is 2.27. The second-order valence-corrected chi connectivity index (χ2v) is 4.16. The molecule has 0 aliphatic heterocycles. The molecule has 0 aromatic heterocycles. The predicted molar refractivity (Wildman–Crippen MR) is 63.8 cm³/mol. The molecule has 0 radical (unpaired) electrons. The Morgan fingerprint density at radius 1 is 1.31 bits per heavy atom. The zero-order valence-corrected chi connectivity index (χ0v) is 9.94. The van der Waals surface area contributed by atoms with Crippen molar-refractivity contribution in [1.29, 1.82) is 0 Å². The molecule has 0 bridgehead atoms. The van der Waals surface area contributed by atoms with Gasteiger partial charge in [0.2, 0.25) is 0 Å². The molecule has 1 aromatic rings. The number of phenolic OH excluding ortho intramolecular Hbond substituents is 1. The average molecular weight is 224 g/mol. The summed E-state index contributed by atoms with van der Waals surface area (Å²) >= 11 is 0. The van der Waals surface area contributed by atoms with Crippen LogP contribution in [-0.4, -0.2) is 23.9 Å². The number of ether oxygens (including phenoxy) is 1. The van der Waals surface area contributed by atoms with Crippen molar-refractivity contribution < 1.29 is 14.9 Å². The van der Waals surface area contributed by atoms with Crippen LogP contribution in [0.15, 0.2) is 18.2 Å². The number of benzene rings is 1. The van der Waals surface area contributed by atoms with Crippen LogP contribution in [0.4, 0.5) is 0 Å². The summed E-state index contributed by atoms with van der Waals surface area (Å²) < 4.78 is 5.05. The molecule has 3 nitrogen and oxygen atoms in total. The Morgan fingerprint density at radius 2 is 2.06 bits per heavy atom. The molecule has 1 atom stereocenters. The number of aliphatic hydroxyl groups is 1. The number of methoxy groups -OCH3 is 1. The minimum atomic E-state index is 0.176. The van der Waals surface area contributed by atoms with E-state index in [1.165, 1.54) is 0 Å². The summed E-state index contributed by atoms with van der Waals surface area (Å²) in [7, 11) is 1.55. The lowest BCUT2D eigenvalue weighted by atomic mass is 9.98. The standard InChI is InChI=1S/C13H20O3/c1-10(7-8-14)3-4-11-5-6-12(15)13(9-11)16-2/h5-6,9-10,14-15H,3-4,7-8H2,1-2H3. The fourth-order valence-corrected chi connectivity index (χ4v) is 1.66. The first-order valence-corrected chi connectivity index (χ1v) is 5.64. The number of aliphatic hydroxyl groups excluding tert-OH is 1. The average Bonchev–Trinajstić information content (AvgIpc) is 2.28. The first-order valence-electron chi connectivity index (χ1n) is 5.64. The third-order valence-electron chi connectivity index (χ3n) is 2.79. The molecule has 90 valence electrons. The number of rotatable bonds is 6. The van der Waals surface area contributed by atoms with Crippen molar-refractivity contribution in [2.24, 2.45) is 5.92 Å². The molecular weight excluding hydrogens is 204 g/mol. The van der Waals surface area contributed by atoms with Gasteiger partial charge in [0.05, 0.1) is 7.11 Å². The molecule has 2 N–H and O–H groups in total. The SMILES string of the molecule is COc1cc(CCC(C)CCO)ccc1O. The van der Waals surface area contributed by atoms with E-state index in [-0.39, 0.29) is 12.4 Å². The van der Waals surface area contributed by atoms with Gasteiger partial charge in [0.25, 0.3) is 0 Å². The molecule has 1 rings (SSSR count). The number of aryl methyl sites for hydroxylation is 1. The van der Waals surface area contributed by atoms with E-state index in [1.807, 2.05) is 12.1 Å². The Hall–Kier alpha value is -1.22. The van der Waals surface area contributed by atoms with Crippen molar-refractivity contribution in [1.82, 2.24) is 0 Å². The first kappa shape index (κ1) is 12.8. The number of hydrogen-bond acceptors (Lipinski definition) is 3. The van der Waals surface area contributed by atoms with Crippen LogP contribution in [-0.2, 0) is 6.42 Å². The smallest absolute Gasteiger partial charge is 0.160 e. The van der Waals surface area contributed by atoms with E-state index in [9.17, 15) is 5.11 Å². The Bertz CT molecular complexity index is 323. The normalized spacial score (nSPS) is 12.4. The number of hydrogen-bond donors (Lipinski definition) is 2. The van der Waals surface area contributed by atoms with E-state index in [0.717, 1.165) is 24.8 Å². The minimum Gasteiger partial charge on any atom is -0.504 e. The van der Waals surface area contributed by atoms with Crippen LogP contribution >= 0.6 is 0 Å². The molecule has 0 saturated carbocycles. The summed E-state index contributed by atoms with van der Waals surface area (Å²) in [6, 6.07) is 5.43. The molecule has 1 aromatic carbocycles. The third-order valence-corrected chi connectivity index (χ3v) is 2.79. The molecule has 0 spiro atoms. The summed E-state index contributed by atoms with van der Waals surface area (Å²) in [4.78, 5) is 0. The molecule has 1 unspecified atom stereocenters. The van der Waals surface area contributed by atoms with Gasteiger partial charge >= 0.3 is 0 Å². The Labute approximate surface area is 96.7 Å². The molecule has 3 heteroatoms. The van der Waals surface area contributed by atoms with Gasteiger partial charge in [-0.3, -0.25) is 0 Å². The van der Waals surface area contributed by atoms with E-state index in [2.05, 4.69) is 6.92 Å². The van der Waals surface area contributed by atoms with Crippen LogP contribution in [0.25, 0.3) is 0 Å². The van der Waals surface area contributed by atoms with E-state index >= 15 is 0 Å². The zero-order chi connectivity index (χ0) is 12.0. The molecule has 16 heavy (non-hydrogen) atoms. The summed E-state index contributed by atoms with van der Waals surface area (Å²) in [6.45, 7) is 2.38. The first-order chi connectivity index (χ1) is 7.67. The van der Waals surface area contributed by atoms with Gasteiger partial charge in [-0.2, -0.15) is 0 Å². The van der Waals surface area contributed by atoms with Crippen LogP contribution in [0.1, 0.15) is 25.3 Å². The highest BCUT2D eigenvalue weighted by molar-refractivity contribution is 5.41. The van der Waals surface area contributed by atoms with E-state index < -0.39 is 0 Å². The van der Waals surface area contributed by atoms with Crippen LogP contribution in [0.3, 0.4) is 0 Å². The maximum atomic E-state index is 9.44. The summed E-state index contributed by atoms with van der Waals surface area (Å²) in [5, 5.41) is 18.2. The van der Waals surface area contributed by atoms with Crippen LogP contribution in [0.2, 0.25) is 0 Å². The molecule has 0 aliphatic rings. The summed E-state index contributed by atoms with van der Waals surface area (Å²) in [5.41, 5.74) is 1.15. The lowest BCUT2D eigenvalue weighted by Gasteiger charge is -2.10. The number of aromatic hydroxyl groups is 1. The van der Waals surface area contributed by atoms with Crippen molar-refractivity contribution >= 4 is 0 Å². The van der Waals surface area contributed by atoms with Crippen molar-refractivity contribution in [2.75, 3.05) is 13.7 Å². The maximum Gasteiger partial charge on any atom is 0.160 e. The zero-order valence-electron chi connectivity index (χ0n) is 9.94. The molecule has 0 fully saturated rings. The van der Waals surface area contributed by atoms with Gasteiger partial charge in [-0.25, -0.2) is 0 Å². The number of phenols is 1. The fourth-order valence-electron chi connectivity index (χ4n) is 1.66. The summed E-state index contributed by atoms with van der Waals surface area (Å²) in [5.74, 6) is 1.21. The van der Waals surface area contributed by atoms with Gasteiger partial charge in [0.1, 0.15) is 0 Å². The second kappa shape index (κ2) is 6.38. The van der Waals surface area contributed by atoms with E-state index in [4.69, 9.17) is 9.84 Å². The van der Waals surface area contributed by atoms with Crippen molar-refractivity contribution in [3.8, 4) is 11.5 Å². The van der Waals surface area contributed by atoms with Crippen LogP contribution in [0, 0.1) is 5.92 Å². The lowest BCUT2D eigenvalue weighted by Crippen LogP contribution is -2.00. The van der Waals surface area contributed by atoms with Crippen LogP contribution < -0.4 is 4.74 Å². The second-order valence-electron chi connectivity index (χ2n) is 4.16. The van der Waals surface area contributed by atoms with Gasteiger partial charge in [-0.15, -0.1) is 0 Å². The minimum absolute atomic E-state index is 0.176. The van der Waals surface area contributed by atoms with Crippen LogP contribution in [0.5, 0.6) is 11.5 Å². The molecular formula is C13H20O3. The van der Waals surface area contributed by atoms with Crippen molar-refractivity contribution in [2.45, 2.75) is 26.2 Å². The Balaban J connectivity index is 2.54. The largest absolute Gasteiger partial charge is 0.504 e. The van der Waals surface area contributed by atoms with Gasteiger partial charge in [0.15, 0.2) is 11.5 Å². The lowest BCUT2D eigenvalue weighted by molar-refractivity contribution is 0.258. The van der Waals surface area contributed by atoms with Crippen molar-refractivity contribution in [3.63, 3.8) is 0 Å². The van der Waals surface area contributed by atoms with E-state index in [0.29, 0.717) is 11.7 Å². The Kier molecular flexibility index (Phi) is 5.12. The maximum absolute atomic E-state index is 9.44. The van der Waals surface area contributed by atoms with Gasteiger partial charge in [0, 0.05) is 6.61 Å². The monoisotopic (exact) mass is 224 g/mol. The predicted octanol–water partition coefficient (Wildman–Crippen LogP) is 2.35. The Morgan fingerprint density at radius 3 is 2.69 bits per heavy atom. The van der Waals surface area contributed by atoms with Crippen molar-refractivity contribution in [3.05, 3.63) is 23.8 Å². The molecule has 0 heterocycles.